The first-order valence-corrected chi connectivity index (χ1v) is 8.15. The van der Waals surface area contributed by atoms with Crippen LogP contribution in [-0.2, 0) is 17.7 Å². The van der Waals surface area contributed by atoms with Gasteiger partial charge < -0.3 is 4.55 Å². The Bertz CT molecular complexity index is 828. The molecule has 106 valence electrons. The number of rotatable bonds is 1. The van der Waals surface area contributed by atoms with Crippen molar-refractivity contribution in [2.45, 2.75) is 30.8 Å². The van der Waals surface area contributed by atoms with E-state index in [9.17, 15) is 4.55 Å². The molecule has 5 heteroatoms. The lowest BCUT2D eigenvalue weighted by Crippen LogP contribution is -2.11. The zero-order chi connectivity index (χ0) is 14.6. The molecule has 0 N–H and O–H groups in total. The summed E-state index contributed by atoms with van der Waals surface area (Å²) in [5.41, 5.74) is 5.32. The Kier molecular flexibility index (Phi) is 2.80. The molecule has 0 bridgehead atoms. The van der Waals surface area contributed by atoms with Crippen LogP contribution in [0.15, 0.2) is 41.7 Å². The van der Waals surface area contributed by atoms with Crippen molar-refractivity contribution < 1.29 is 4.55 Å². The molecule has 0 aliphatic carbocycles. The maximum atomic E-state index is 12.7. The number of pyridine rings is 1. The van der Waals surface area contributed by atoms with Crippen LogP contribution in [0.1, 0.15) is 22.1 Å². The van der Waals surface area contributed by atoms with Crippen LogP contribution in [0.2, 0.25) is 0 Å². The summed E-state index contributed by atoms with van der Waals surface area (Å²) in [5.74, 6) is 0. The molecule has 0 radical (unpaired) electrons. The number of fused-ring (bicyclic) bond motifs is 3. The molecule has 3 aromatic rings. The second-order valence-electron chi connectivity index (χ2n) is 5.47. The van der Waals surface area contributed by atoms with Gasteiger partial charge in [-0.05, 0) is 49.2 Å². The zero-order valence-corrected chi connectivity index (χ0v) is 12.7. The number of imidazole rings is 1. The molecule has 1 aliphatic rings. The first-order chi connectivity index (χ1) is 10.1. The van der Waals surface area contributed by atoms with Crippen LogP contribution in [-0.4, -0.2) is 19.1 Å². The molecule has 0 amide bonds. The predicted octanol–water partition coefficient (Wildman–Crippen LogP) is 2.91. The lowest BCUT2D eigenvalue weighted by molar-refractivity contribution is 0.584. The molecule has 0 saturated carbocycles. The van der Waals surface area contributed by atoms with E-state index in [-0.39, 0.29) is 5.25 Å². The minimum Gasteiger partial charge on any atom is -0.608 e. The van der Waals surface area contributed by atoms with E-state index in [1.807, 2.05) is 18.2 Å². The quantitative estimate of drug-likeness (QED) is 0.649. The van der Waals surface area contributed by atoms with E-state index < -0.39 is 11.2 Å². The van der Waals surface area contributed by atoms with Crippen molar-refractivity contribution in [1.82, 2.24) is 14.5 Å². The molecule has 2 unspecified atom stereocenters. The Labute approximate surface area is 126 Å². The second kappa shape index (κ2) is 4.58. The molecule has 21 heavy (non-hydrogen) atoms. The third kappa shape index (κ3) is 1.88. The van der Waals surface area contributed by atoms with Gasteiger partial charge >= 0.3 is 5.16 Å². The first kappa shape index (κ1) is 12.9. The van der Waals surface area contributed by atoms with Gasteiger partial charge in [-0.25, -0.2) is 0 Å². The minimum absolute atomic E-state index is 0.0975. The fourth-order valence-electron chi connectivity index (χ4n) is 2.82. The van der Waals surface area contributed by atoms with Gasteiger partial charge in [0.05, 0.1) is 23.3 Å². The average Bonchev–Trinajstić information content (AvgIpc) is 2.98. The van der Waals surface area contributed by atoms with Crippen LogP contribution >= 0.6 is 0 Å². The van der Waals surface area contributed by atoms with Crippen molar-refractivity contribution in [2.75, 3.05) is 0 Å². The van der Waals surface area contributed by atoms with Crippen LogP contribution < -0.4 is 0 Å². The third-order valence-corrected chi connectivity index (χ3v) is 5.71. The van der Waals surface area contributed by atoms with Crippen molar-refractivity contribution in [2.24, 2.45) is 0 Å². The van der Waals surface area contributed by atoms with E-state index >= 15 is 0 Å². The molecule has 2 atom stereocenters. The fraction of sp³-hybridized carbons (Fsp3) is 0.250. The molecule has 2 aromatic heterocycles. The maximum Gasteiger partial charge on any atom is 0.325 e. The standard InChI is InChI=1S/C16H15N3OS/c1-10-7-13-14(8-11(10)2)19-9-15(21(20)16(19)18-13)12-5-3-4-6-17-12/h3-8,15H,9H2,1-2H3. The monoisotopic (exact) mass is 297 g/mol. The lowest BCUT2D eigenvalue weighted by Gasteiger charge is -2.10. The van der Waals surface area contributed by atoms with Gasteiger partial charge in [0.2, 0.25) is 0 Å². The van der Waals surface area contributed by atoms with Crippen LogP contribution in [0, 0.1) is 13.8 Å². The molecule has 3 heterocycles. The Morgan fingerprint density at radius 2 is 2.05 bits per heavy atom. The van der Waals surface area contributed by atoms with Crippen LogP contribution in [0.4, 0.5) is 0 Å². The molecular formula is C16H15N3OS. The van der Waals surface area contributed by atoms with E-state index in [1.54, 1.807) is 6.20 Å². The van der Waals surface area contributed by atoms with Gasteiger partial charge in [0, 0.05) is 17.4 Å². The van der Waals surface area contributed by atoms with Crippen LogP contribution in [0.5, 0.6) is 0 Å². The van der Waals surface area contributed by atoms with Gasteiger partial charge in [-0.3, -0.25) is 9.55 Å². The number of hydrogen-bond donors (Lipinski definition) is 0. The van der Waals surface area contributed by atoms with E-state index in [2.05, 4.69) is 40.5 Å². The Morgan fingerprint density at radius 3 is 2.81 bits per heavy atom. The molecule has 4 rings (SSSR count). The topological polar surface area (TPSA) is 53.8 Å². The van der Waals surface area contributed by atoms with Gasteiger partial charge in [0.15, 0.2) is 5.25 Å². The van der Waals surface area contributed by atoms with Crippen molar-refractivity contribution >= 4 is 22.2 Å². The lowest BCUT2D eigenvalue weighted by atomic mass is 10.1. The van der Waals surface area contributed by atoms with Crippen molar-refractivity contribution in [3.63, 3.8) is 0 Å². The summed E-state index contributed by atoms with van der Waals surface area (Å²) in [7, 11) is 0. The van der Waals surface area contributed by atoms with Gasteiger partial charge in [0.25, 0.3) is 0 Å². The van der Waals surface area contributed by atoms with Crippen LogP contribution in [0.3, 0.4) is 0 Å². The Balaban J connectivity index is 1.83. The third-order valence-electron chi connectivity index (χ3n) is 4.13. The van der Waals surface area contributed by atoms with Gasteiger partial charge in [0.1, 0.15) is 0 Å². The number of aryl methyl sites for hydroxylation is 2. The number of aromatic nitrogens is 3. The highest BCUT2D eigenvalue weighted by Gasteiger charge is 2.40. The summed E-state index contributed by atoms with van der Waals surface area (Å²) in [6.45, 7) is 4.85. The van der Waals surface area contributed by atoms with E-state index in [0.717, 1.165) is 16.7 Å². The Morgan fingerprint density at radius 1 is 1.24 bits per heavy atom. The molecule has 1 aliphatic heterocycles. The van der Waals surface area contributed by atoms with Crippen molar-refractivity contribution in [3.05, 3.63) is 53.3 Å². The molecular weight excluding hydrogens is 282 g/mol. The summed E-state index contributed by atoms with van der Waals surface area (Å²) < 4.78 is 14.8. The summed E-state index contributed by atoms with van der Waals surface area (Å²) in [6.07, 6.45) is 1.75. The number of benzene rings is 1. The average molecular weight is 297 g/mol. The maximum absolute atomic E-state index is 12.7. The highest BCUT2D eigenvalue weighted by molar-refractivity contribution is 7.91. The van der Waals surface area contributed by atoms with Gasteiger partial charge in [-0.2, -0.15) is 4.98 Å². The van der Waals surface area contributed by atoms with Gasteiger partial charge in [-0.1, -0.05) is 6.07 Å². The Hall–Kier alpha value is -1.85. The highest BCUT2D eigenvalue weighted by Crippen LogP contribution is 2.38. The van der Waals surface area contributed by atoms with Gasteiger partial charge in [-0.15, -0.1) is 0 Å². The normalized spacial score (nSPS) is 20.9. The fourth-order valence-corrected chi connectivity index (χ4v) is 4.29. The summed E-state index contributed by atoms with van der Waals surface area (Å²) in [5, 5.41) is 0.574. The zero-order valence-electron chi connectivity index (χ0n) is 11.9. The van der Waals surface area contributed by atoms with E-state index in [0.29, 0.717) is 11.7 Å². The summed E-state index contributed by atoms with van der Waals surface area (Å²) in [6, 6.07) is 9.96. The summed E-state index contributed by atoms with van der Waals surface area (Å²) >= 11 is -1.14. The molecule has 0 fully saturated rings. The second-order valence-corrected chi connectivity index (χ2v) is 7.00. The molecule has 0 spiro atoms. The van der Waals surface area contributed by atoms with Crippen molar-refractivity contribution in [1.29, 1.82) is 0 Å². The number of nitrogens with zero attached hydrogens (tertiary/aromatic N) is 3. The number of hydrogen-bond acceptors (Lipinski definition) is 3. The van der Waals surface area contributed by atoms with Crippen molar-refractivity contribution in [3.8, 4) is 0 Å². The van der Waals surface area contributed by atoms with Crippen LogP contribution in [0.25, 0.3) is 11.0 Å². The highest BCUT2D eigenvalue weighted by atomic mass is 32.2. The van der Waals surface area contributed by atoms with E-state index in [4.69, 9.17) is 0 Å². The minimum atomic E-state index is -1.14. The largest absolute Gasteiger partial charge is 0.608 e. The predicted molar refractivity (Wildman–Crippen MR) is 82.6 cm³/mol. The molecule has 1 aromatic carbocycles. The van der Waals surface area contributed by atoms with E-state index in [1.165, 1.54) is 11.1 Å². The summed E-state index contributed by atoms with van der Waals surface area (Å²) in [4.78, 5) is 8.94. The first-order valence-electron chi connectivity index (χ1n) is 6.94. The SMILES string of the molecule is Cc1cc2nc3n(c2cc1C)CC(c1ccccn1)[S+]3[O-]. The molecule has 4 nitrogen and oxygen atoms in total. The smallest absolute Gasteiger partial charge is 0.325 e. The molecule has 0 saturated heterocycles.